The zero-order valence-electron chi connectivity index (χ0n) is 38.2. The third-order valence-corrected chi connectivity index (χ3v) is 16.6. The van der Waals surface area contributed by atoms with Crippen molar-refractivity contribution in [2.75, 3.05) is 13.2 Å². The normalized spacial score (nSPS) is 40.4. The topological polar surface area (TPSA) is 173 Å². The minimum atomic E-state index is -1.57. The van der Waals surface area contributed by atoms with Gasteiger partial charge >= 0.3 is 23.9 Å². The Morgan fingerprint density at radius 1 is 0.750 bits per heavy atom. The summed E-state index contributed by atoms with van der Waals surface area (Å²) in [6, 6.07) is 16.7. The molecule has 64 heavy (non-hydrogen) atoms. The van der Waals surface area contributed by atoms with Crippen LogP contribution in [0, 0.1) is 52.3 Å². The molecule has 2 aromatic carbocycles. The molecule has 4 saturated carbocycles. The molecular weight excluding hydrogens is 821 g/mol. The quantitative estimate of drug-likeness (QED) is 0.119. The lowest BCUT2D eigenvalue weighted by Gasteiger charge is -2.62. The zero-order valence-corrected chi connectivity index (χ0v) is 38.2. The minimum Gasteiger partial charge on any atom is -0.466 e. The maximum absolute atomic E-state index is 13.3. The fraction of sp³-hybridized carbons (Fsp3) is 0.686. The molecule has 13 heteroatoms. The van der Waals surface area contributed by atoms with E-state index in [0.717, 1.165) is 44.9 Å². The van der Waals surface area contributed by atoms with E-state index in [-0.39, 0.29) is 65.1 Å². The molecule has 2 N–H and O–H groups in total. The summed E-state index contributed by atoms with van der Waals surface area (Å²) in [7, 11) is 0. The lowest BCUT2D eigenvalue weighted by Crippen LogP contribution is -2.62. The van der Waals surface area contributed by atoms with E-state index in [9.17, 15) is 29.4 Å². The van der Waals surface area contributed by atoms with Gasteiger partial charge in [-0.3, -0.25) is 9.59 Å². The summed E-state index contributed by atoms with van der Waals surface area (Å²) >= 11 is 0. The number of carbonyl (C=O) groups is 4. The van der Waals surface area contributed by atoms with Gasteiger partial charge in [0, 0.05) is 19.8 Å². The van der Waals surface area contributed by atoms with Crippen LogP contribution in [0.3, 0.4) is 0 Å². The fourth-order valence-electron chi connectivity index (χ4n) is 13.6. The number of aliphatic hydroxyl groups excluding tert-OH is 2. The van der Waals surface area contributed by atoms with Crippen LogP contribution in [-0.2, 0) is 42.7 Å². The van der Waals surface area contributed by atoms with Gasteiger partial charge in [0.05, 0.1) is 36.0 Å². The molecule has 0 bridgehead atoms. The summed E-state index contributed by atoms with van der Waals surface area (Å²) < 4.78 is 42.7. The average Bonchev–Trinajstić information content (AvgIpc) is 3.76. The van der Waals surface area contributed by atoms with E-state index < -0.39 is 48.7 Å². The SMILES string of the molecule is CC(=O)OC[C@H](C)CC[C@H]1O[C@H]2C[C@H]3[C@@H]4C[C@H](OC(C)=O)[C@H]5C[C@@H](O[C@@H]6O[C@H](COC(=O)c7ccccc7)[C@@H](O)[C@H](OC(=O)c7ccccc7)[C@H]6O)CC[C@]5(C)[C@H]4CC[C@]3(C)[C@H]2[C@@H]1C. The van der Waals surface area contributed by atoms with Crippen molar-refractivity contribution in [3.8, 4) is 0 Å². The first-order valence-electron chi connectivity index (χ1n) is 23.7. The maximum Gasteiger partial charge on any atom is 0.338 e. The number of hydrogen-bond donors (Lipinski definition) is 2. The van der Waals surface area contributed by atoms with Crippen molar-refractivity contribution in [2.45, 2.75) is 154 Å². The van der Waals surface area contributed by atoms with Crippen molar-refractivity contribution < 1.29 is 62.5 Å². The van der Waals surface area contributed by atoms with Crippen molar-refractivity contribution in [3.05, 3.63) is 71.8 Å². The van der Waals surface area contributed by atoms with Gasteiger partial charge in [0.25, 0.3) is 0 Å². The molecule has 2 saturated heterocycles. The van der Waals surface area contributed by atoms with Crippen LogP contribution in [0.5, 0.6) is 0 Å². The standard InChI is InChI=1S/C51H68O13/c1-28(26-58-30(3)52)17-18-39-29(2)43-41(62-39)25-37-35-24-40(60-31(4)53)38-23-34(19-21-50(38,5)36(35)20-22-51(37,43)6)61-49-45(55)46(64-48(57)33-15-11-8-12-16-33)44(54)42(63-49)27-59-47(56)32-13-9-7-10-14-32/h7-16,28-29,34-46,49,54-55H,17-27H2,1-6H3/t28-,29-,34+,35-,36+,37+,38-,39-,40+,41+,42-,43+,44-,45-,46+,49-,50-,51+/m1/s1. The molecule has 8 rings (SSSR count). The predicted octanol–water partition coefficient (Wildman–Crippen LogP) is 7.09. The molecule has 13 nitrogen and oxygen atoms in total. The highest BCUT2D eigenvalue weighted by molar-refractivity contribution is 5.90. The van der Waals surface area contributed by atoms with Crippen LogP contribution in [0.15, 0.2) is 60.7 Å². The van der Waals surface area contributed by atoms with Gasteiger partial charge in [0.1, 0.15) is 31.0 Å². The molecule has 0 amide bonds. The highest BCUT2D eigenvalue weighted by Gasteiger charge is 2.67. The Labute approximate surface area is 377 Å². The second-order valence-electron chi connectivity index (χ2n) is 20.5. The molecule has 2 heterocycles. The Bertz CT molecular complexity index is 1960. The predicted molar refractivity (Wildman–Crippen MR) is 232 cm³/mol. The Morgan fingerprint density at radius 3 is 2.09 bits per heavy atom. The number of rotatable bonds is 13. The number of aliphatic hydroxyl groups is 2. The summed E-state index contributed by atoms with van der Waals surface area (Å²) in [5, 5.41) is 23.2. The van der Waals surface area contributed by atoms with Crippen LogP contribution < -0.4 is 0 Å². The molecule has 2 aliphatic heterocycles. The Balaban J connectivity index is 0.963. The van der Waals surface area contributed by atoms with Crippen LogP contribution in [-0.4, -0.2) is 102 Å². The third-order valence-electron chi connectivity index (χ3n) is 16.6. The van der Waals surface area contributed by atoms with Gasteiger partial charge in [0.15, 0.2) is 12.4 Å². The number of esters is 4. The molecular formula is C51H68O13. The highest BCUT2D eigenvalue weighted by atomic mass is 16.7. The minimum absolute atomic E-state index is 0.0177. The van der Waals surface area contributed by atoms with Crippen LogP contribution in [0.1, 0.15) is 120 Å². The van der Waals surface area contributed by atoms with Crippen LogP contribution >= 0.6 is 0 Å². The number of fused-ring (bicyclic) bond motifs is 7. The molecule has 350 valence electrons. The van der Waals surface area contributed by atoms with Gasteiger partial charge in [-0.05, 0) is 128 Å². The van der Waals surface area contributed by atoms with Crippen molar-refractivity contribution in [3.63, 3.8) is 0 Å². The number of carbonyl (C=O) groups excluding carboxylic acids is 4. The first-order chi connectivity index (χ1) is 30.6. The smallest absolute Gasteiger partial charge is 0.338 e. The summed E-state index contributed by atoms with van der Waals surface area (Å²) in [4.78, 5) is 50.4. The van der Waals surface area contributed by atoms with Gasteiger partial charge < -0.3 is 43.4 Å². The first-order valence-corrected chi connectivity index (χ1v) is 23.7. The van der Waals surface area contributed by atoms with Gasteiger partial charge in [-0.1, -0.05) is 64.1 Å². The van der Waals surface area contributed by atoms with Crippen molar-refractivity contribution in [1.82, 2.24) is 0 Å². The van der Waals surface area contributed by atoms with E-state index in [2.05, 4.69) is 27.7 Å². The van der Waals surface area contributed by atoms with Gasteiger partial charge in [-0.2, -0.15) is 0 Å². The lowest BCUT2D eigenvalue weighted by molar-refractivity contribution is -0.317. The maximum atomic E-state index is 13.3. The number of benzene rings is 2. The summed E-state index contributed by atoms with van der Waals surface area (Å²) in [5.41, 5.74) is 0.532. The second kappa shape index (κ2) is 19.1. The largest absolute Gasteiger partial charge is 0.466 e. The second-order valence-corrected chi connectivity index (χ2v) is 20.5. The molecule has 6 aliphatic rings. The van der Waals surface area contributed by atoms with Crippen molar-refractivity contribution in [2.24, 2.45) is 52.3 Å². The monoisotopic (exact) mass is 888 g/mol. The zero-order chi connectivity index (χ0) is 45.5. The summed E-state index contributed by atoms with van der Waals surface area (Å²) in [6.07, 6.45) is 0.463. The molecule has 18 atom stereocenters. The summed E-state index contributed by atoms with van der Waals surface area (Å²) in [5.74, 6) is 0.448. The first kappa shape index (κ1) is 46.6. The van der Waals surface area contributed by atoms with E-state index in [0.29, 0.717) is 54.6 Å². The molecule has 0 aromatic heterocycles. The number of ether oxygens (including phenoxy) is 7. The summed E-state index contributed by atoms with van der Waals surface area (Å²) in [6.45, 7) is 12.4. The van der Waals surface area contributed by atoms with Gasteiger partial charge in [-0.15, -0.1) is 0 Å². The number of hydrogen-bond acceptors (Lipinski definition) is 13. The highest BCUT2D eigenvalue weighted by Crippen LogP contribution is 2.70. The van der Waals surface area contributed by atoms with Crippen LogP contribution in [0.4, 0.5) is 0 Å². The van der Waals surface area contributed by atoms with Crippen LogP contribution in [0.25, 0.3) is 0 Å². The van der Waals surface area contributed by atoms with E-state index in [1.54, 1.807) is 60.7 Å². The van der Waals surface area contributed by atoms with Crippen molar-refractivity contribution in [1.29, 1.82) is 0 Å². The molecule has 2 aromatic rings. The van der Waals surface area contributed by atoms with E-state index in [1.165, 1.54) is 13.8 Å². The molecule has 0 spiro atoms. The molecule has 0 unspecified atom stereocenters. The average molecular weight is 889 g/mol. The van der Waals surface area contributed by atoms with Crippen LogP contribution in [0.2, 0.25) is 0 Å². The Morgan fingerprint density at radius 2 is 1.42 bits per heavy atom. The lowest BCUT2D eigenvalue weighted by atomic mass is 9.43. The molecule has 0 radical (unpaired) electrons. The van der Waals surface area contributed by atoms with E-state index in [4.69, 9.17) is 33.2 Å². The Kier molecular flexibility index (Phi) is 14.0. The van der Waals surface area contributed by atoms with Crippen molar-refractivity contribution >= 4 is 23.9 Å². The third kappa shape index (κ3) is 9.26. The van der Waals surface area contributed by atoms with E-state index in [1.807, 2.05) is 0 Å². The van der Waals surface area contributed by atoms with Gasteiger partial charge in [0.2, 0.25) is 0 Å². The fourth-order valence-corrected chi connectivity index (χ4v) is 13.6. The van der Waals surface area contributed by atoms with E-state index >= 15 is 0 Å². The Hall–Kier alpha value is -3.88. The molecule has 4 aliphatic carbocycles. The van der Waals surface area contributed by atoms with Gasteiger partial charge in [-0.25, -0.2) is 9.59 Å². The molecule has 6 fully saturated rings.